The Morgan fingerprint density at radius 1 is 1.32 bits per heavy atom. The molecule has 2 rings (SSSR count). The second kappa shape index (κ2) is 5.75. The van der Waals surface area contributed by atoms with Crippen LogP contribution in [-0.2, 0) is 13.1 Å². The molecule has 0 aliphatic heterocycles. The van der Waals surface area contributed by atoms with Gasteiger partial charge in [-0.25, -0.2) is 4.98 Å². The van der Waals surface area contributed by atoms with Crippen LogP contribution in [0, 0.1) is 13.8 Å². The van der Waals surface area contributed by atoms with Crippen LogP contribution in [0.2, 0.25) is 0 Å². The number of aromatic nitrogens is 1. The van der Waals surface area contributed by atoms with Crippen molar-refractivity contribution in [3.05, 3.63) is 41.1 Å². The fourth-order valence-corrected chi connectivity index (χ4v) is 1.79. The van der Waals surface area contributed by atoms with Crippen LogP contribution in [0.3, 0.4) is 0 Å². The zero-order chi connectivity index (χ0) is 13.8. The van der Waals surface area contributed by atoms with Crippen molar-refractivity contribution < 1.29 is 14.3 Å². The van der Waals surface area contributed by atoms with E-state index in [9.17, 15) is 5.11 Å². The first-order chi connectivity index (χ1) is 9.11. The van der Waals surface area contributed by atoms with E-state index in [2.05, 4.69) is 10.3 Å². The maximum atomic E-state index is 9.93. The third kappa shape index (κ3) is 3.06. The Kier molecular flexibility index (Phi) is 4.06. The highest BCUT2D eigenvalue weighted by Gasteiger charge is 2.08. The number of rotatable bonds is 5. The summed E-state index contributed by atoms with van der Waals surface area (Å²) in [6.45, 7) is 4.84. The summed E-state index contributed by atoms with van der Waals surface area (Å²) >= 11 is 0. The number of phenolic OH excluding ortho intramolecular Hbond substituents is 1. The predicted octanol–water partition coefficient (Wildman–Crippen LogP) is 2.30. The van der Waals surface area contributed by atoms with E-state index in [4.69, 9.17) is 9.15 Å². The van der Waals surface area contributed by atoms with Gasteiger partial charge < -0.3 is 19.6 Å². The van der Waals surface area contributed by atoms with Crippen LogP contribution in [0.25, 0.3) is 0 Å². The number of hydrogen-bond donors (Lipinski definition) is 2. The number of phenols is 1. The minimum absolute atomic E-state index is 0.164. The molecule has 0 radical (unpaired) electrons. The fraction of sp³-hybridized carbons (Fsp3) is 0.357. The molecule has 0 saturated heterocycles. The molecule has 2 aromatic rings. The van der Waals surface area contributed by atoms with Crippen molar-refractivity contribution in [2.24, 2.45) is 0 Å². The van der Waals surface area contributed by atoms with Crippen molar-refractivity contribution in [3.63, 3.8) is 0 Å². The van der Waals surface area contributed by atoms with Gasteiger partial charge in [0.25, 0.3) is 0 Å². The van der Waals surface area contributed by atoms with E-state index in [0.717, 1.165) is 17.0 Å². The van der Waals surface area contributed by atoms with Gasteiger partial charge in [0.1, 0.15) is 5.76 Å². The summed E-state index contributed by atoms with van der Waals surface area (Å²) in [7, 11) is 1.53. The molecule has 0 saturated carbocycles. The lowest BCUT2D eigenvalue weighted by Gasteiger charge is -2.08. The van der Waals surface area contributed by atoms with Crippen molar-refractivity contribution >= 4 is 0 Å². The number of aromatic hydroxyl groups is 1. The number of nitrogens with one attached hydrogen (secondary N) is 1. The Bertz CT molecular complexity index is 544. The average Bonchev–Trinajstić information content (AvgIpc) is 2.71. The predicted molar refractivity (Wildman–Crippen MR) is 71.2 cm³/mol. The van der Waals surface area contributed by atoms with Gasteiger partial charge in [0.15, 0.2) is 11.5 Å². The van der Waals surface area contributed by atoms with Gasteiger partial charge in [0.05, 0.1) is 19.3 Å². The summed E-state index contributed by atoms with van der Waals surface area (Å²) in [6.07, 6.45) is 0. The standard InChI is InChI=1S/C14H18N2O3/c1-9-10(2)19-13(16-9)8-15-7-11-5-4-6-12(18-3)14(11)17/h4-6,15,17H,7-8H2,1-3H3. The van der Waals surface area contributed by atoms with Crippen molar-refractivity contribution in [2.45, 2.75) is 26.9 Å². The molecule has 1 aromatic heterocycles. The molecular weight excluding hydrogens is 244 g/mol. The normalized spacial score (nSPS) is 10.7. The number of oxazole rings is 1. The van der Waals surface area contributed by atoms with Gasteiger partial charge in [0, 0.05) is 12.1 Å². The highest BCUT2D eigenvalue weighted by atomic mass is 16.5. The number of para-hydroxylation sites is 1. The van der Waals surface area contributed by atoms with E-state index in [1.807, 2.05) is 26.0 Å². The zero-order valence-electron chi connectivity index (χ0n) is 11.4. The molecule has 5 heteroatoms. The van der Waals surface area contributed by atoms with E-state index in [-0.39, 0.29) is 5.75 Å². The molecule has 0 aliphatic carbocycles. The summed E-state index contributed by atoms with van der Waals surface area (Å²) in [5.41, 5.74) is 1.68. The van der Waals surface area contributed by atoms with E-state index < -0.39 is 0 Å². The minimum Gasteiger partial charge on any atom is -0.504 e. The molecule has 1 heterocycles. The lowest BCUT2D eigenvalue weighted by Crippen LogP contribution is -2.13. The van der Waals surface area contributed by atoms with Crippen LogP contribution < -0.4 is 10.1 Å². The number of nitrogens with zero attached hydrogens (tertiary/aromatic N) is 1. The third-order valence-electron chi connectivity index (χ3n) is 2.97. The summed E-state index contributed by atoms with van der Waals surface area (Å²) in [5, 5.41) is 13.1. The molecule has 1 aromatic carbocycles. The Hall–Kier alpha value is -2.01. The zero-order valence-corrected chi connectivity index (χ0v) is 11.4. The topological polar surface area (TPSA) is 67.5 Å². The molecule has 102 valence electrons. The molecule has 19 heavy (non-hydrogen) atoms. The van der Waals surface area contributed by atoms with E-state index in [1.165, 1.54) is 7.11 Å². The summed E-state index contributed by atoms with van der Waals surface area (Å²) in [5.74, 6) is 2.12. The number of ether oxygens (including phenoxy) is 1. The summed E-state index contributed by atoms with van der Waals surface area (Å²) < 4.78 is 10.5. The fourth-order valence-electron chi connectivity index (χ4n) is 1.79. The average molecular weight is 262 g/mol. The number of aryl methyl sites for hydroxylation is 2. The Morgan fingerprint density at radius 3 is 2.74 bits per heavy atom. The van der Waals surface area contributed by atoms with Crippen LogP contribution in [0.4, 0.5) is 0 Å². The van der Waals surface area contributed by atoms with Gasteiger partial charge in [0.2, 0.25) is 5.89 Å². The number of benzene rings is 1. The highest BCUT2D eigenvalue weighted by Crippen LogP contribution is 2.29. The van der Waals surface area contributed by atoms with E-state index in [1.54, 1.807) is 6.07 Å². The summed E-state index contributed by atoms with van der Waals surface area (Å²) in [6, 6.07) is 5.41. The molecule has 0 atom stereocenters. The molecule has 0 bridgehead atoms. The lowest BCUT2D eigenvalue weighted by atomic mass is 10.2. The first kappa shape index (κ1) is 13.4. The first-order valence-electron chi connectivity index (χ1n) is 6.10. The Balaban J connectivity index is 1.96. The van der Waals surface area contributed by atoms with Crippen LogP contribution in [-0.4, -0.2) is 17.2 Å². The molecule has 2 N–H and O–H groups in total. The van der Waals surface area contributed by atoms with Crippen LogP contribution in [0.15, 0.2) is 22.6 Å². The molecule has 5 nitrogen and oxygen atoms in total. The van der Waals surface area contributed by atoms with Crippen molar-refractivity contribution in [3.8, 4) is 11.5 Å². The van der Waals surface area contributed by atoms with Crippen LogP contribution >= 0.6 is 0 Å². The van der Waals surface area contributed by atoms with Crippen molar-refractivity contribution in [1.29, 1.82) is 0 Å². The maximum Gasteiger partial charge on any atom is 0.208 e. The van der Waals surface area contributed by atoms with Gasteiger partial charge in [-0.1, -0.05) is 12.1 Å². The molecule has 0 fully saturated rings. The largest absolute Gasteiger partial charge is 0.504 e. The molecular formula is C14H18N2O3. The van der Waals surface area contributed by atoms with Crippen molar-refractivity contribution in [1.82, 2.24) is 10.3 Å². The SMILES string of the molecule is COc1cccc(CNCc2nc(C)c(C)o2)c1O. The first-order valence-corrected chi connectivity index (χ1v) is 6.10. The van der Waals surface area contributed by atoms with E-state index >= 15 is 0 Å². The Labute approximate surface area is 112 Å². The van der Waals surface area contributed by atoms with Gasteiger partial charge in [-0.15, -0.1) is 0 Å². The van der Waals surface area contributed by atoms with Gasteiger partial charge in [-0.05, 0) is 19.9 Å². The quantitative estimate of drug-likeness (QED) is 0.865. The van der Waals surface area contributed by atoms with Crippen molar-refractivity contribution in [2.75, 3.05) is 7.11 Å². The second-order valence-electron chi connectivity index (χ2n) is 4.32. The van der Waals surface area contributed by atoms with Crippen LogP contribution in [0.5, 0.6) is 11.5 Å². The van der Waals surface area contributed by atoms with E-state index in [0.29, 0.717) is 24.7 Å². The van der Waals surface area contributed by atoms with Gasteiger partial charge in [-0.3, -0.25) is 0 Å². The Morgan fingerprint density at radius 2 is 2.11 bits per heavy atom. The molecule has 0 spiro atoms. The monoisotopic (exact) mass is 262 g/mol. The smallest absolute Gasteiger partial charge is 0.208 e. The van der Waals surface area contributed by atoms with Gasteiger partial charge in [-0.2, -0.15) is 0 Å². The van der Waals surface area contributed by atoms with Gasteiger partial charge >= 0.3 is 0 Å². The summed E-state index contributed by atoms with van der Waals surface area (Å²) in [4.78, 5) is 4.28. The molecule has 0 amide bonds. The minimum atomic E-state index is 0.164. The molecule has 0 aliphatic rings. The molecule has 0 unspecified atom stereocenters. The van der Waals surface area contributed by atoms with Crippen LogP contribution in [0.1, 0.15) is 22.9 Å². The number of hydrogen-bond acceptors (Lipinski definition) is 5. The third-order valence-corrected chi connectivity index (χ3v) is 2.97. The second-order valence-corrected chi connectivity index (χ2v) is 4.32. The maximum absolute atomic E-state index is 9.93. The number of methoxy groups -OCH3 is 1. The lowest BCUT2D eigenvalue weighted by molar-refractivity contribution is 0.369. The highest BCUT2D eigenvalue weighted by molar-refractivity contribution is 5.45.